The molecule has 0 aliphatic rings. The zero-order chi connectivity index (χ0) is 14.0. The van der Waals surface area contributed by atoms with Crippen LogP contribution in [0.4, 0.5) is 0 Å². The molecule has 0 atom stereocenters. The van der Waals surface area contributed by atoms with Gasteiger partial charge in [-0.3, -0.25) is 0 Å². The highest BCUT2D eigenvalue weighted by atomic mass is 35.7. The van der Waals surface area contributed by atoms with Crippen LogP contribution in [0.1, 0.15) is 11.5 Å². The molecular weight excluding hydrogens is 290 g/mol. The lowest BCUT2D eigenvalue weighted by atomic mass is 10.3. The Morgan fingerprint density at radius 2 is 2.11 bits per heavy atom. The summed E-state index contributed by atoms with van der Waals surface area (Å²) in [5, 5.41) is -0.158. The smallest absolute Gasteiger partial charge is 0.280 e. The molecule has 102 valence electrons. The first-order chi connectivity index (χ1) is 8.90. The summed E-state index contributed by atoms with van der Waals surface area (Å²) >= 11 is 0. The van der Waals surface area contributed by atoms with Gasteiger partial charge in [0.25, 0.3) is 9.05 Å². The third kappa shape index (κ3) is 3.24. The van der Waals surface area contributed by atoms with E-state index in [-0.39, 0.29) is 5.03 Å². The molecular formula is C11H12ClN3O3S. The average Bonchev–Trinajstić information content (AvgIpc) is 2.71. The first-order valence-corrected chi connectivity index (χ1v) is 7.69. The number of methoxy groups -OCH3 is 1. The highest BCUT2D eigenvalue weighted by Crippen LogP contribution is 2.15. The summed E-state index contributed by atoms with van der Waals surface area (Å²) in [7, 11) is 2.98. The van der Waals surface area contributed by atoms with Crippen LogP contribution < -0.4 is 4.74 Å². The lowest BCUT2D eigenvalue weighted by molar-refractivity contribution is 0.396. The Morgan fingerprint density at radius 3 is 2.68 bits per heavy atom. The number of nitrogens with zero attached hydrogens (tertiary/aromatic N) is 3. The molecule has 0 spiro atoms. The molecule has 2 aromatic heterocycles. The SMILES string of the molecule is COc1cccc(Cn2cc(S(=O)(=O)Cl)nc2C)n1. The molecule has 19 heavy (non-hydrogen) atoms. The van der Waals surface area contributed by atoms with Gasteiger partial charge in [-0.25, -0.2) is 18.4 Å². The first kappa shape index (κ1) is 13.8. The number of hydrogen-bond acceptors (Lipinski definition) is 5. The molecule has 0 saturated heterocycles. The van der Waals surface area contributed by atoms with Gasteiger partial charge in [0.05, 0.1) is 19.3 Å². The third-order valence-electron chi connectivity index (χ3n) is 2.53. The van der Waals surface area contributed by atoms with Crippen LogP contribution in [0, 0.1) is 6.92 Å². The second kappa shape index (κ2) is 5.18. The van der Waals surface area contributed by atoms with E-state index in [1.54, 1.807) is 17.6 Å². The molecule has 0 radical (unpaired) electrons. The first-order valence-electron chi connectivity index (χ1n) is 5.38. The highest BCUT2D eigenvalue weighted by molar-refractivity contribution is 8.13. The summed E-state index contributed by atoms with van der Waals surface area (Å²) in [5.74, 6) is 1.05. The van der Waals surface area contributed by atoms with Gasteiger partial charge >= 0.3 is 0 Å². The van der Waals surface area contributed by atoms with Gasteiger partial charge in [0, 0.05) is 22.9 Å². The van der Waals surface area contributed by atoms with E-state index in [1.165, 1.54) is 13.3 Å². The van der Waals surface area contributed by atoms with Crippen molar-refractivity contribution in [2.75, 3.05) is 7.11 Å². The molecule has 6 nitrogen and oxygen atoms in total. The standard InChI is InChI=1S/C11H12ClN3O3S/c1-8-13-11(19(12,16)17)7-15(8)6-9-4-3-5-10(14-9)18-2/h3-5,7H,6H2,1-2H3. The molecule has 0 saturated carbocycles. The van der Waals surface area contributed by atoms with Gasteiger partial charge in [0.2, 0.25) is 5.88 Å². The Morgan fingerprint density at radius 1 is 1.37 bits per heavy atom. The van der Waals surface area contributed by atoms with Crippen molar-refractivity contribution in [2.24, 2.45) is 0 Å². The van der Waals surface area contributed by atoms with E-state index in [1.807, 2.05) is 12.1 Å². The maximum atomic E-state index is 11.2. The quantitative estimate of drug-likeness (QED) is 0.801. The van der Waals surface area contributed by atoms with Crippen LogP contribution in [0.15, 0.2) is 29.4 Å². The summed E-state index contributed by atoms with van der Waals surface area (Å²) in [6, 6.07) is 5.36. The number of imidazole rings is 1. The third-order valence-corrected chi connectivity index (χ3v) is 3.70. The Labute approximate surface area is 115 Å². The van der Waals surface area contributed by atoms with E-state index in [9.17, 15) is 8.42 Å². The number of aromatic nitrogens is 3. The molecule has 0 aliphatic heterocycles. The molecule has 2 rings (SSSR count). The Kier molecular flexibility index (Phi) is 3.77. The van der Waals surface area contributed by atoms with Crippen LogP contribution in [0.25, 0.3) is 0 Å². The molecule has 0 aliphatic carbocycles. The zero-order valence-corrected chi connectivity index (χ0v) is 11.9. The van der Waals surface area contributed by atoms with Crippen molar-refractivity contribution >= 4 is 19.7 Å². The van der Waals surface area contributed by atoms with Crippen molar-refractivity contribution in [3.63, 3.8) is 0 Å². The number of hydrogen-bond donors (Lipinski definition) is 0. The monoisotopic (exact) mass is 301 g/mol. The van der Waals surface area contributed by atoms with E-state index >= 15 is 0 Å². The van der Waals surface area contributed by atoms with Gasteiger partial charge in [-0.2, -0.15) is 0 Å². The summed E-state index contributed by atoms with van der Waals surface area (Å²) in [5.41, 5.74) is 0.735. The second-order valence-corrected chi connectivity index (χ2v) is 6.38. The Balaban J connectivity index is 2.31. The van der Waals surface area contributed by atoms with Gasteiger partial charge in [0.1, 0.15) is 5.82 Å². The van der Waals surface area contributed by atoms with Crippen molar-refractivity contribution in [3.05, 3.63) is 35.9 Å². The molecule has 2 aromatic rings. The van der Waals surface area contributed by atoms with Crippen LogP contribution in [0.5, 0.6) is 5.88 Å². The van der Waals surface area contributed by atoms with Crippen LogP contribution in [-0.2, 0) is 15.6 Å². The summed E-state index contributed by atoms with van der Waals surface area (Å²) in [6.07, 6.45) is 1.39. The Hall–Kier alpha value is -1.60. The summed E-state index contributed by atoms with van der Waals surface area (Å²) in [6.45, 7) is 2.09. The molecule has 0 unspecified atom stereocenters. The maximum absolute atomic E-state index is 11.2. The molecule has 8 heteroatoms. The normalized spacial score (nSPS) is 11.5. The van der Waals surface area contributed by atoms with Crippen molar-refractivity contribution in [1.29, 1.82) is 0 Å². The molecule has 0 bridgehead atoms. The van der Waals surface area contributed by atoms with Crippen LogP contribution in [0.3, 0.4) is 0 Å². The topological polar surface area (TPSA) is 74.1 Å². The minimum atomic E-state index is -3.81. The van der Waals surface area contributed by atoms with E-state index in [4.69, 9.17) is 15.4 Å². The van der Waals surface area contributed by atoms with E-state index < -0.39 is 9.05 Å². The Bertz CT molecular complexity index is 697. The molecule has 0 amide bonds. The van der Waals surface area contributed by atoms with Crippen LogP contribution in [-0.4, -0.2) is 30.1 Å². The minimum Gasteiger partial charge on any atom is -0.481 e. The van der Waals surface area contributed by atoms with E-state index in [0.717, 1.165) is 5.69 Å². The lowest BCUT2D eigenvalue weighted by Gasteiger charge is -2.05. The van der Waals surface area contributed by atoms with Gasteiger partial charge in [-0.15, -0.1) is 0 Å². The van der Waals surface area contributed by atoms with Crippen molar-refractivity contribution in [3.8, 4) is 5.88 Å². The van der Waals surface area contributed by atoms with E-state index in [2.05, 4.69) is 9.97 Å². The fourth-order valence-electron chi connectivity index (χ4n) is 1.59. The lowest BCUT2D eigenvalue weighted by Crippen LogP contribution is -2.03. The number of halogens is 1. The summed E-state index contributed by atoms with van der Waals surface area (Å²) in [4.78, 5) is 8.15. The van der Waals surface area contributed by atoms with Crippen LogP contribution >= 0.6 is 10.7 Å². The van der Waals surface area contributed by atoms with Gasteiger partial charge < -0.3 is 9.30 Å². The number of rotatable bonds is 4. The zero-order valence-electron chi connectivity index (χ0n) is 10.4. The minimum absolute atomic E-state index is 0.158. The second-order valence-electron chi connectivity index (χ2n) is 3.86. The largest absolute Gasteiger partial charge is 0.481 e. The van der Waals surface area contributed by atoms with E-state index in [0.29, 0.717) is 18.2 Å². The van der Waals surface area contributed by atoms with Crippen LogP contribution in [0.2, 0.25) is 0 Å². The predicted molar refractivity (Wildman–Crippen MR) is 69.9 cm³/mol. The number of ether oxygens (including phenoxy) is 1. The average molecular weight is 302 g/mol. The fraction of sp³-hybridized carbons (Fsp3) is 0.273. The molecule has 0 aromatic carbocycles. The van der Waals surface area contributed by atoms with Crippen molar-refractivity contribution < 1.29 is 13.2 Å². The number of pyridine rings is 1. The molecule has 0 fully saturated rings. The van der Waals surface area contributed by atoms with Crippen molar-refractivity contribution in [2.45, 2.75) is 18.5 Å². The number of aryl methyl sites for hydroxylation is 1. The predicted octanol–water partition coefficient (Wildman–Crippen LogP) is 1.57. The fourth-order valence-corrected chi connectivity index (χ4v) is 2.31. The maximum Gasteiger partial charge on any atom is 0.280 e. The highest BCUT2D eigenvalue weighted by Gasteiger charge is 2.16. The van der Waals surface area contributed by atoms with Gasteiger partial charge in [-0.05, 0) is 13.0 Å². The molecule has 0 N–H and O–H groups in total. The van der Waals surface area contributed by atoms with Gasteiger partial charge in [-0.1, -0.05) is 6.07 Å². The summed E-state index contributed by atoms with van der Waals surface area (Å²) < 4.78 is 29.1. The van der Waals surface area contributed by atoms with Gasteiger partial charge in [0.15, 0.2) is 5.03 Å². The molecule has 2 heterocycles. The van der Waals surface area contributed by atoms with Crippen molar-refractivity contribution in [1.82, 2.24) is 14.5 Å².